The number of phenolic OH excluding ortho intramolecular Hbond substituents is 1. The van der Waals surface area contributed by atoms with Crippen LogP contribution in [0.3, 0.4) is 0 Å². The molecule has 1 aromatic rings. The van der Waals surface area contributed by atoms with Crippen LogP contribution in [0.2, 0.25) is 0 Å². The summed E-state index contributed by atoms with van der Waals surface area (Å²) in [6.45, 7) is 6.38. The van der Waals surface area contributed by atoms with E-state index in [1.54, 1.807) is 32.1 Å². The fourth-order valence-electron chi connectivity index (χ4n) is 1.31. The van der Waals surface area contributed by atoms with Gasteiger partial charge in [0.05, 0.1) is 0 Å². The minimum atomic E-state index is 0.124. The topological polar surface area (TPSA) is 20.2 Å². The normalized spacial score (nSPS) is 12.3. The van der Waals surface area contributed by atoms with Gasteiger partial charge in [-0.2, -0.15) is 6.08 Å². The molecule has 1 N–H and O–H groups in total. The zero-order valence-corrected chi connectivity index (χ0v) is 13.0. The third-order valence-corrected chi connectivity index (χ3v) is 2.30. The van der Waals surface area contributed by atoms with Crippen molar-refractivity contribution in [2.24, 2.45) is 0 Å². The molecule has 0 atom stereocenters. The van der Waals surface area contributed by atoms with Crippen LogP contribution in [0.5, 0.6) is 5.75 Å². The number of allylic oxidation sites excluding steroid dienone is 4. The van der Waals surface area contributed by atoms with Crippen molar-refractivity contribution in [3.63, 3.8) is 0 Å². The summed E-state index contributed by atoms with van der Waals surface area (Å²) in [5, 5.41) is 9.18. The molecule has 0 saturated heterocycles. The Hall–Kier alpha value is -0.916. The summed E-state index contributed by atoms with van der Waals surface area (Å²) >= 11 is 1.75. The summed E-state index contributed by atoms with van der Waals surface area (Å²) in [5.41, 5.74) is 1.29. The fraction of sp³-hybridized carbons (Fsp3) is 0.312. The molecule has 0 amide bonds. The van der Waals surface area contributed by atoms with Crippen LogP contribution in [-0.2, 0) is 25.4 Å². The summed E-state index contributed by atoms with van der Waals surface area (Å²) in [6.07, 6.45) is 10.0. The van der Waals surface area contributed by atoms with Gasteiger partial charge in [-0.15, -0.1) is 6.42 Å². The molecule has 0 unspecified atom stereocenters. The molecule has 0 spiro atoms. The van der Waals surface area contributed by atoms with Gasteiger partial charge in [0.25, 0.3) is 0 Å². The first kappa shape index (κ1) is 17.1. The molecule has 1 aliphatic rings. The van der Waals surface area contributed by atoms with Gasteiger partial charge in [0.15, 0.2) is 0 Å². The maximum absolute atomic E-state index is 9.18. The molecule has 0 fully saturated rings. The van der Waals surface area contributed by atoms with Crippen molar-refractivity contribution in [3.05, 3.63) is 54.1 Å². The van der Waals surface area contributed by atoms with Crippen LogP contribution in [-0.4, -0.2) is 9.92 Å². The van der Waals surface area contributed by atoms with Crippen LogP contribution in [0.1, 0.15) is 32.8 Å². The second kappa shape index (κ2) is 9.07. The fourth-order valence-corrected chi connectivity index (χ4v) is 1.31. The van der Waals surface area contributed by atoms with E-state index in [9.17, 15) is 5.11 Å². The molecule has 1 aromatic carbocycles. The predicted octanol–water partition coefficient (Wildman–Crippen LogP) is 3.96. The van der Waals surface area contributed by atoms with Gasteiger partial charge in [0, 0.05) is 0 Å². The summed E-state index contributed by atoms with van der Waals surface area (Å²) in [4.78, 5) is 3.25. The van der Waals surface area contributed by atoms with E-state index >= 15 is 0 Å². The monoisotopic (exact) mass is 277 g/mol. The standard InChI is InChI=1S/C10H14O.C5H5.CH2.Ti/c1-10(2,3)8-5-4-6-9(11)7-8;1-2-4-5-3-1;;/h4-7,11H,1-3H3;1-3H,4H2;1H2;/q;-1;;+1. The summed E-state index contributed by atoms with van der Waals surface area (Å²) < 4.78 is 0. The van der Waals surface area contributed by atoms with Crippen LogP contribution in [0.25, 0.3) is 0 Å². The molecule has 18 heavy (non-hydrogen) atoms. The second-order valence-electron chi connectivity index (χ2n) is 4.80. The van der Waals surface area contributed by atoms with Gasteiger partial charge in [0.1, 0.15) is 5.75 Å². The molecule has 1 aliphatic carbocycles. The van der Waals surface area contributed by atoms with E-state index in [-0.39, 0.29) is 5.41 Å². The van der Waals surface area contributed by atoms with Crippen LogP contribution >= 0.6 is 0 Å². The number of hydrogen-bond acceptors (Lipinski definition) is 1. The third kappa shape index (κ3) is 7.42. The van der Waals surface area contributed by atoms with Crippen LogP contribution < -0.4 is 0 Å². The molecule has 95 valence electrons. The van der Waals surface area contributed by atoms with Crippen molar-refractivity contribution >= 4 is 4.82 Å². The minimum absolute atomic E-state index is 0.124. The molecule has 2 rings (SSSR count). The van der Waals surface area contributed by atoms with E-state index in [0.29, 0.717) is 5.75 Å². The van der Waals surface area contributed by atoms with Crippen molar-refractivity contribution in [3.8, 4) is 5.75 Å². The third-order valence-electron chi connectivity index (χ3n) is 2.30. The van der Waals surface area contributed by atoms with E-state index in [2.05, 4.69) is 37.7 Å². The number of benzene rings is 1. The van der Waals surface area contributed by atoms with Crippen molar-refractivity contribution in [2.75, 3.05) is 0 Å². The van der Waals surface area contributed by atoms with Gasteiger partial charge >= 0.3 is 24.8 Å². The molecule has 0 radical (unpaired) electrons. The molecular formula is C16H21OTi. The number of aromatic hydroxyl groups is 1. The van der Waals surface area contributed by atoms with Crippen molar-refractivity contribution in [1.82, 2.24) is 0 Å². The maximum atomic E-state index is 9.18. The predicted molar refractivity (Wildman–Crippen MR) is 75.5 cm³/mol. The molecule has 2 heteroatoms. The first-order chi connectivity index (χ1) is 8.50. The van der Waals surface area contributed by atoms with Crippen LogP contribution in [0, 0.1) is 6.08 Å². The molecular weight excluding hydrogens is 256 g/mol. The van der Waals surface area contributed by atoms with Crippen molar-refractivity contribution in [2.45, 2.75) is 32.6 Å². The zero-order valence-electron chi connectivity index (χ0n) is 11.4. The first-order valence-corrected chi connectivity index (χ1v) is 6.97. The van der Waals surface area contributed by atoms with Crippen molar-refractivity contribution < 1.29 is 25.1 Å². The number of phenols is 1. The Morgan fingerprint density at radius 3 is 2.22 bits per heavy atom. The Labute approximate surface area is 122 Å². The van der Waals surface area contributed by atoms with E-state index in [0.717, 1.165) is 12.0 Å². The summed E-state index contributed by atoms with van der Waals surface area (Å²) in [6, 6.07) is 7.39. The average Bonchev–Trinajstić information content (AvgIpc) is 2.89. The molecule has 1 nitrogen and oxygen atoms in total. The quantitative estimate of drug-likeness (QED) is 0.562. The van der Waals surface area contributed by atoms with E-state index in [4.69, 9.17) is 0 Å². The first-order valence-electron chi connectivity index (χ1n) is 5.87. The number of hydrogen-bond donors (Lipinski definition) is 1. The van der Waals surface area contributed by atoms with Gasteiger partial charge in [-0.1, -0.05) is 32.9 Å². The summed E-state index contributed by atoms with van der Waals surface area (Å²) in [5.74, 6) is 0.345. The Morgan fingerprint density at radius 1 is 1.28 bits per heavy atom. The molecule has 0 aromatic heterocycles. The number of rotatable bonds is 0. The Bertz CT molecular complexity index is 390. The van der Waals surface area contributed by atoms with Crippen LogP contribution in [0.4, 0.5) is 0 Å². The SMILES string of the molecule is CC(C)(C)c1cccc(O)c1.[C-]1=CC=CC1.[CH2]=[Ti+]. The molecule has 0 bridgehead atoms. The molecule has 0 saturated carbocycles. The molecule has 0 heterocycles. The second-order valence-corrected chi connectivity index (χ2v) is 4.80. The van der Waals surface area contributed by atoms with Gasteiger partial charge in [-0.05, 0) is 23.1 Å². The van der Waals surface area contributed by atoms with Gasteiger partial charge in [-0.3, -0.25) is 6.08 Å². The van der Waals surface area contributed by atoms with Crippen molar-refractivity contribution in [1.29, 1.82) is 0 Å². The average molecular weight is 277 g/mol. The Balaban J connectivity index is 0.000000343. The summed E-state index contributed by atoms with van der Waals surface area (Å²) in [7, 11) is 0. The Morgan fingerprint density at radius 2 is 1.94 bits per heavy atom. The van der Waals surface area contributed by atoms with Gasteiger partial charge < -0.3 is 5.11 Å². The van der Waals surface area contributed by atoms with Gasteiger partial charge in [0.2, 0.25) is 0 Å². The van der Waals surface area contributed by atoms with Gasteiger partial charge in [-0.25, -0.2) is 12.2 Å². The zero-order chi connectivity index (χ0) is 14.0. The van der Waals surface area contributed by atoms with E-state index in [1.165, 1.54) is 0 Å². The van der Waals surface area contributed by atoms with E-state index < -0.39 is 0 Å². The van der Waals surface area contributed by atoms with Crippen LogP contribution in [0.15, 0.2) is 42.5 Å². The van der Waals surface area contributed by atoms with E-state index in [1.807, 2.05) is 24.3 Å². The molecule has 0 aliphatic heterocycles. The Kier molecular flexibility index (Phi) is 8.61.